The molecule has 0 radical (unpaired) electrons. The molecule has 0 aliphatic carbocycles. The molecule has 0 amide bonds. The second-order valence-electron chi connectivity index (χ2n) is 5.57. The molecule has 0 saturated heterocycles. The Morgan fingerprint density at radius 2 is 1.85 bits per heavy atom. The summed E-state index contributed by atoms with van der Waals surface area (Å²) in [5.41, 5.74) is 4.83. The van der Waals surface area contributed by atoms with Crippen molar-refractivity contribution in [2.24, 2.45) is 0 Å². The number of rotatable bonds is 2. The van der Waals surface area contributed by atoms with Crippen LogP contribution in [0.25, 0.3) is 0 Å². The Balaban J connectivity index is 2.02. The summed E-state index contributed by atoms with van der Waals surface area (Å²) in [5.74, 6) is 0.995. The van der Waals surface area contributed by atoms with Crippen LogP contribution in [0.5, 0.6) is 5.75 Å². The third-order valence-corrected chi connectivity index (χ3v) is 3.94. The first-order valence-electron chi connectivity index (χ1n) is 7.28. The third-order valence-electron chi connectivity index (χ3n) is 3.94. The minimum Gasteiger partial charge on any atom is -0.481 e. The standard InChI is InChI=1S/C18H21NO/c1-4-15-18(14-8-6-5-7-9-14)20-17-13(3)10-12(2)11-16(17)19-15/h5-11,15,18-19H,4H2,1-3H3. The molecule has 104 valence electrons. The number of hydrogen-bond acceptors (Lipinski definition) is 2. The van der Waals surface area contributed by atoms with E-state index in [0.29, 0.717) is 6.04 Å². The quantitative estimate of drug-likeness (QED) is 0.856. The van der Waals surface area contributed by atoms with Crippen LogP contribution < -0.4 is 10.1 Å². The maximum Gasteiger partial charge on any atom is 0.146 e. The van der Waals surface area contributed by atoms with E-state index < -0.39 is 0 Å². The molecule has 0 fully saturated rings. The molecule has 1 aliphatic heterocycles. The highest BCUT2D eigenvalue weighted by Crippen LogP contribution is 2.41. The van der Waals surface area contributed by atoms with Crippen LogP contribution in [-0.2, 0) is 0 Å². The Bertz CT molecular complexity index is 606. The number of anilines is 1. The molecule has 2 unspecified atom stereocenters. The number of nitrogens with one attached hydrogen (secondary N) is 1. The summed E-state index contributed by atoms with van der Waals surface area (Å²) in [5, 5.41) is 3.65. The van der Waals surface area contributed by atoms with Crippen molar-refractivity contribution in [3.63, 3.8) is 0 Å². The number of hydrogen-bond donors (Lipinski definition) is 1. The zero-order valence-electron chi connectivity index (χ0n) is 12.3. The molecule has 2 atom stereocenters. The SMILES string of the molecule is CCC1Nc2cc(C)cc(C)c2OC1c1ccccc1. The summed E-state index contributed by atoms with van der Waals surface area (Å²) in [6.07, 6.45) is 1.11. The maximum atomic E-state index is 6.34. The van der Waals surface area contributed by atoms with Crippen molar-refractivity contribution in [2.75, 3.05) is 5.32 Å². The van der Waals surface area contributed by atoms with Crippen molar-refractivity contribution < 1.29 is 4.74 Å². The van der Waals surface area contributed by atoms with Gasteiger partial charge in [0.15, 0.2) is 0 Å². The monoisotopic (exact) mass is 267 g/mol. The van der Waals surface area contributed by atoms with Crippen LogP contribution in [0.1, 0.15) is 36.1 Å². The fraction of sp³-hybridized carbons (Fsp3) is 0.333. The molecular formula is C18H21NO. The lowest BCUT2D eigenvalue weighted by Gasteiger charge is -2.36. The van der Waals surface area contributed by atoms with Crippen LogP contribution in [0.15, 0.2) is 42.5 Å². The van der Waals surface area contributed by atoms with E-state index in [2.05, 4.69) is 62.5 Å². The Morgan fingerprint density at radius 1 is 1.10 bits per heavy atom. The number of fused-ring (bicyclic) bond motifs is 1. The van der Waals surface area contributed by atoms with E-state index in [0.717, 1.165) is 17.9 Å². The predicted octanol–water partition coefficient (Wildman–Crippen LogP) is 4.63. The van der Waals surface area contributed by atoms with Gasteiger partial charge in [-0.15, -0.1) is 0 Å². The number of ether oxygens (including phenoxy) is 1. The molecular weight excluding hydrogens is 246 g/mol. The molecule has 3 rings (SSSR count). The first kappa shape index (κ1) is 13.0. The summed E-state index contributed by atoms with van der Waals surface area (Å²) in [7, 11) is 0. The molecule has 20 heavy (non-hydrogen) atoms. The first-order chi connectivity index (χ1) is 9.69. The van der Waals surface area contributed by atoms with Gasteiger partial charge >= 0.3 is 0 Å². The van der Waals surface area contributed by atoms with E-state index in [9.17, 15) is 0 Å². The van der Waals surface area contributed by atoms with Crippen molar-refractivity contribution >= 4 is 5.69 Å². The van der Waals surface area contributed by atoms with Crippen molar-refractivity contribution in [3.05, 3.63) is 59.2 Å². The summed E-state index contributed by atoms with van der Waals surface area (Å²) in [6.45, 7) is 6.44. The van der Waals surface area contributed by atoms with Gasteiger partial charge in [0.05, 0.1) is 11.7 Å². The van der Waals surface area contributed by atoms with Crippen molar-refractivity contribution in [1.82, 2.24) is 0 Å². The van der Waals surface area contributed by atoms with Crippen molar-refractivity contribution in [1.29, 1.82) is 0 Å². The summed E-state index contributed by atoms with van der Waals surface area (Å²) < 4.78 is 6.34. The Labute approximate surface area is 120 Å². The minimum atomic E-state index is 0.0788. The van der Waals surface area contributed by atoms with Gasteiger partial charge in [-0.05, 0) is 43.0 Å². The van der Waals surface area contributed by atoms with Crippen LogP contribution in [0.2, 0.25) is 0 Å². The van der Waals surface area contributed by atoms with Gasteiger partial charge in [-0.1, -0.05) is 43.3 Å². The predicted molar refractivity (Wildman–Crippen MR) is 83.4 cm³/mol. The largest absolute Gasteiger partial charge is 0.481 e. The molecule has 1 aliphatic rings. The molecule has 0 bridgehead atoms. The van der Waals surface area contributed by atoms with Crippen LogP contribution in [0.4, 0.5) is 5.69 Å². The normalized spacial score (nSPS) is 20.8. The smallest absolute Gasteiger partial charge is 0.146 e. The van der Waals surface area contributed by atoms with Gasteiger partial charge in [0.1, 0.15) is 11.9 Å². The van der Waals surface area contributed by atoms with Crippen LogP contribution in [-0.4, -0.2) is 6.04 Å². The molecule has 2 aromatic rings. The second kappa shape index (κ2) is 5.20. The lowest BCUT2D eigenvalue weighted by Crippen LogP contribution is -2.34. The van der Waals surface area contributed by atoms with E-state index in [-0.39, 0.29) is 6.10 Å². The van der Waals surface area contributed by atoms with Crippen LogP contribution in [0, 0.1) is 13.8 Å². The molecule has 2 aromatic carbocycles. The average Bonchev–Trinajstić information content (AvgIpc) is 2.46. The lowest BCUT2D eigenvalue weighted by molar-refractivity contribution is 0.167. The number of benzene rings is 2. The second-order valence-corrected chi connectivity index (χ2v) is 5.57. The van der Waals surface area contributed by atoms with E-state index in [1.807, 2.05) is 6.07 Å². The fourth-order valence-electron chi connectivity index (χ4n) is 2.96. The highest BCUT2D eigenvalue weighted by Gasteiger charge is 2.30. The summed E-state index contributed by atoms with van der Waals surface area (Å²) >= 11 is 0. The topological polar surface area (TPSA) is 21.3 Å². The van der Waals surface area contributed by atoms with Gasteiger partial charge in [-0.25, -0.2) is 0 Å². The molecule has 1 N–H and O–H groups in total. The molecule has 2 heteroatoms. The van der Waals surface area contributed by atoms with Crippen molar-refractivity contribution in [3.8, 4) is 5.75 Å². The lowest BCUT2D eigenvalue weighted by atomic mass is 9.96. The maximum absolute atomic E-state index is 6.34. The highest BCUT2D eigenvalue weighted by atomic mass is 16.5. The molecule has 1 heterocycles. The van der Waals surface area contributed by atoms with Gasteiger partial charge < -0.3 is 10.1 Å². The van der Waals surface area contributed by atoms with Gasteiger partial charge in [-0.3, -0.25) is 0 Å². The molecule has 0 aromatic heterocycles. The Kier molecular flexibility index (Phi) is 3.39. The van der Waals surface area contributed by atoms with E-state index in [1.54, 1.807) is 0 Å². The fourth-order valence-corrected chi connectivity index (χ4v) is 2.96. The zero-order valence-corrected chi connectivity index (χ0v) is 12.3. The molecule has 0 spiro atoms. The summed E-state index contributed by atoms with van der Waals surface area (Å²) in [4.78, 5) is 0. The van der Waals surface area contributed by atoms with E-state index in [1.165, 1.54) is 16.7 Å². The van der Waals surface area contributed by atoms with Crippen LogP contribution >= 0.6 is 0 Å². The zero-order chi connectivity index (χ0) is 14.1. The van der Waals surface area contributed by atoms with E-state index >= 15 is 0 Å². The summed E-state index contributed by atoms with van der Waals surface area (Å²) in [6, 6.07) is 15.1. The van der Waals surface area contributed by atoms with Gasteiger partial charge in [-0.2, -0.15) is 0 Å². The van der Waals surface area contributed by atoms with E-state index in [4.69, 9.17) is 4.74 Å². The molecule has 2 nitrogen and oxygen atoms in total. The highest BCUT2D eigenvalue weighted by molar-refractivity contribution is 5.64. The van der Waals surface area contributed by atoms with Crippen molar-refractivity contribution in [2.45, 2.75) is 39.3 Å². The molecule has 0 saturated carbocycles. The minimum absolute atomic E-state index is 0.0788. The third kappa shape index (κ3) is 2.26. The van der Waals surface area contributed by atoms with Gasteiger partial charge in [0.25, 0.3) is 0 Å². The first-order valence-corrected chi connectivity index (χ1v) is 7.28. The van der Waals surface area contributed by atoms with Gasteiger partial charge in [0.2, 0.25) is 0 Å². The number of aryl methyl sites for hydroxylation is 2. The Hall–Kier alpha value is -1.96. The van der Waals surface area contributed by atoms with Gasteiger partial charge in [0, 0.05) is 0 Å². The van der Waals surface area contributed by atoms with Crippen LogP contribution in [0.3, 0.4) is 0 Å². The Morgan fingerprint density at radius 3 is 2.55 bits per heavy atom. The average molecular weight is 267 g/mol.